The molecule has 0 saturated carbocycles. The summed E-state index contributed by atoms with van der Waals surface area (Å²) in [6, 6.07) is 14.5. The average Bonchev–Trinajstić information content (AvgIpc) is 3.24. The molecule has 0 N–H and O–H groups in total. The van der Waals surface area contributed by atoms with E-state index in [0.717, 1.165) is 10.0 Å². The molecule has 0 unspecified atom stereocenters. The van der Waals surface area contributed by atoms with Crippen molar-refractivity contribution in [2.24, 2.45) is 0 Å². The number of benzene rings is 2. The summed E-state index contributed by atoms with van der Waals surface area (Å²) in [6.45, 7) is 1.60. The number of hydroxylamine groups is 1. The van der Waals surface area contributed by atoms with E-state index in [1.54, 1.807) is 6.92 Å². The van der Waals surface area contributed by atoms with Crippen LogP contribution in [0.3, 0.4) is 0 Å². The second kappa shape index (κ2) is 8.52. The van der Waals surface area contributed by atoms with E-state index in [-0.39, 0.29) is 16.3 Å². The minimum absolute atomic E-state index is 0.0177. The maximum absolute atomic E-state index is 12.4. The fourth-order valence-electron chi connectivity index (χ4n) is 2.38. The van der Waals surface area contributed by atoms with Crippen LogP contribution in [-0.2, 0) is 19.6 Å². The lowest BCUT2D eigenvalue weighted by atomic mass is 10.2. The first-order valence-electron chi connectivity index (χ1n) is 8.56. The van der Waals surface area contributed by atoms with Crippen LogP contribution in [0.5, 0.6) is 0 Å². The van der Waals surface area contributed by atoms with Gasteiger partial charge in [0.05, 0.1) is 17.6 Å². The van der Waals surface area contributed by atoms with Crippen molar-refractivity contribution < 1.29 is 27.2 Å². The monoisotopic (exact) mass is 417 g/mol. The van der Waals surface area contributed by atoms with Gasteiger partial charge in [0, 0.05) is 12.6 Å². The Balaban J connectivity index is 1.70. The van der Waals surface area contributed by atoms with Crippen LogP contribution < -0.4 is 0 Å². The Labute approximate surface area is 167 Å². The fourth-order valence-corrected chi connectivity index (χ4v) is 3.36. The van der Waals surface area contributed by atoms with E-state index in [1.807, 2.05) is 30.3 Å². The van der Waals surface area contributed by atoms with Gasteiger partial charge in [-0.3, -0.25) is 4.84 Å². The van der Waals surface area contributed by atoms with E-state index in [4.69, 9.17) is 14.0 Å². The van der Waals surface area contributed by atoms with Gasteiger partial charge in [-0.1, -0.05) is 22.7 Å². The molecular weight excluding hydrogens is 398 g/mol. The normalized spacial score (nSPS) is 12.7. The maximum Gasteiger partial charge on any atom is 0.338 e. The van der Waals surface area contributed by atoms with Crippen LogP contribution in [-0.4, -0.2) is 43.2 Å². The van der Waals surface area contributed by atoms with Crippen LogP contribution in [0, 0.1) is 0 Å². The molecule has 1 atom stereocenters. The highest BCUT2D eigenvalue weighted by molar-refractivity contribution is 7.89. The van der Waals surface area contributed by atoms with Crippen LogP contribution in [0.25, 0.3) is 11.5 Å². The van der Waals surface area contributed by atoms with Crippen LogP contribution in [0.2, 0.25) is 0 Å². The number of carbonyl (C=O) groups excluding carboxylic acids is 1. The molecule has 0 amide bonds. The Morgan fingerprint density at radius 3 is 2.34 bits per heavy atom. The maximum atomic E-state index is 12.4. The van der Waals surface area contributed by atoms with Crippen LogP contribution >= 0.6 is 0 Å². The van der Waals surface area contributed by atoms with Crippen molar-refractivity contribution in [1.82, 2.24) is 14.7 Å². The molecule has 0 aliphatic carbocycles. The Kier molecular flexibility index (Phi) is 6.06. The van der Waals surface area contributed by atoms with E-state index >= 15 is 0 Å². The quantitative estimate of drug-likeness (QED) is 0.426. The van der Waals surface area contributed by atoms with Gasteiger partial charge < -0.3 is 9.15 Å². The third-order valence-corrected chi connectivity index (χ3v) is 5.77. The molecule has 9 nitrogen and oxygen atoms in total. The predicted octanol–water partition coefficient (Wildman–Crippen LogP) is 2.84. The standard InChI is InChI=1S/C19H19N3O6S/c1-13(17-20-21-18(28-17)14-7-5-4-6-8-14)27-19(23)15-9-11-16(12-10-15)29(24,25)22(2)26-3/h4-13H,1-3H3/t13-/m1/s1. The second-order valence-corrected chi connectivity index (χ2v) is 7.92. The number of sulfonamides is 1. The van der Waals surface area contributed by atoms with Crippen LogP contribution in [0.1, 0.15) is 29.3 Å². The Morgan fingerprint density at radius 1 is 1.07 bits per heavy atom. The summed E-state index contributed by atoms with van der Waals surface area (Å²) in [4.78, 5) is 17.1. The SMILES string of the molecule is CON(C)S(=O)(=O)c1ccc(C(=O)O[C@H](C)c2nnc(-c3ccccc3)o2)cc1. The lowest BCUT2D eigenvalue weighted by molar-refractivity contribution is -0.0258. The molecule has 152 valence electrons. The van der Waals surface area contributed by atoms with Crippen molar-refractivity contribution in [2.75, 3.05) is 14.2 Å². The topological polar surface area (TPSA) is 112 Å². The second-order valence-electron chi connectivity index (χ2n) is 5.98. The summed E-state index contributed by atoms with van der Waals surface area (Å²) in [5.41, 5.74) is 0.932. The zero-order valence-corrected chi connectivity index (χ0v) is 16.8. The van der Waals surface area contributed by atoms with Crippen molar-refractivity contribution in [3.8, 4) is 11.5 Å². The van der Waals surface area contributed by atoms with Crippen LogP contribution in [0.15, 0.2) is 63.9 Å². The molecule has 29 heavy (non-hydrogen) atoms. The number of ether oxygens (including phenoxy) is 1. The first kappa shape index (κ1) is 20.6. The van der Waals surface area contributed by atoms with E-state index in [1.165, 1.54) is 38.4 Å². The largest absolute Gasteiger partial charge is 0.449 e. The smallest absolute Gasteiger partial charge is 0.338 e. The van der Waals surface area contributed by atoms with Gasteiger partial charge in [-0.2, -0.15) is 0 Å². The minimum Gasteiger partial charge on any atom is -0.449 e. The molecular formula is C19H19N3O6S. The Bertz CT molecular complexity index is 1080. The summed E-state index contributed by atoms with van der Waals surface area (Å²) in [5.74, 6) is -0.181. The molecule has 0 aliphatic heterocycles. The van der Waals surface area contributed by atoms with E-state index in [9.17, 15) is 13.2 Å². The highest BCUT2D eigenvalue weighted by Gasteiger charge is 2.23. The van der Waals surface area contributed by atoms with E-state index in [2.05, 4.69) is 10.2 Å². The summed E-state index contributed by atoms with van der Waals surface area (Å²) >= 11 is 0. The van der Waals surface area contributed by atoms with E-state index in [0.29, 0.717) is 5.89 Å². The van der Waals surface area contributed by atoms with E-state index < -0.39 is 22.1 Å². The summed E-state index contributed by atoms with van der Waals surface area (Å²) in [7, 11) is -1.28. The third-order valence-electron chi connectivity index (χ3n) is 4.08. The highest BCUT2D eigenvalue weighted by Crippen LogP contribution is 2.23. The van der Waals surface area contributed by atoms with Crippen molar-refractivity contribution in [3.05, 3.63) is 66.1 Å². The molecule has 0 saturated heterocycles. The number of hydrogen-bond acceptors (Lipinski definition) is 8. The number of esters is 1. The molecule has 3 aromatic rings. The molecule has 2 aromatic carbocycles. The molecule has 0 spiro atoms. The van der Waals surface area contributed by atoms with Gasteiger partial charge in [-0.25, -0.2) is 13.2 Å². The van der Waals surface area contributed by atoms with Gasteiger partial charge in [-0.15, -0.1) is 10.2 Å². The number of hydrogen-bond donors (Lipinski definition) is 0. The molecule has 1 heterocycles. The van der Waals surface area contributed by atoms with Crippen molar-refractivity contribution in [2.45, 2.75) is 17.9 Å². The fraction of sp³-hybridized carbons (Fsp3) is 0.211. The zero-order chi connectivity index (χ0) is 21.0. The van der Waals surface area contributed by atoms with Gasteiger partial charge in [0.1, 0.15) is 0 Å². The number of aromatic nitrogens is 2. The summed E-state index contributed by atoms with van der Waals surface area (Å²) in [5, 5.41) is 7.88. The molecule has 1 aromatic heterocycles. The summed E-state index contributed by atoms with van der Waals surface area (Å²) < 4.78 is 36.0. The lowest BCUT2D eigenvalue weighted by Gasteiger charge is -2.14. The van der Waals surface area contributed by atoms with Crippen molar-refractivity contribution >= 4 is 16.0 Å². The lowest BCUT2D eigenvalue weighted by Crippen LogP contribution is -2.25. The molecule has 3 rings (SSSR count). The van der Waals surface area contributed by atoms with Crippen LogP contribution in [0.4, 0.5) is 0 Å². The van der Waals surface area contributed by atoms with Gasteiger partial charge in [0.2, 0.25) is 5.89 Å². The first-order valence-corrected chi connectivity index (χ1v) is 10.00. The number of rotatable bonds is 7. The summed E-state index contributed by atoms with van der Waals surface area (Å²) in [6.07, 6.45) is -0.782. The third kappa shape index (κ3) is 4.50. The van der Waals surface area contributed by atoms with Gasteiger partial charge in [0.25, 0.3) is 15.9 Å². The first-order chi connectivity index (χ1) is 13.8. The molecule has 0 bridgehead atoms. The molecule has 0 fully saturated rings. The van der Waals surface area contributed by atoms with Gasteiger partial charge in [-0.05, 0) is 43.3 Å². The Morgan fingerprint density at radius 2 is 1.72 bits per heavy atom. The van der Waals surface area contributed by atoms with Gasteiger partial charge >= 0.3 is 5.97 Å². The van der Waals surface area contributed by atoms with Crippen molar-refractivity contribution in [1.29, 1.82) is 0 Å². The molecule has 0 radical (unpaired) electrons. The van der Waals surface area contributed by atoms with Crippen molar-refractivity contribution in [3.63, 3.8) is 0 Å². The predicted molar refractivity (Wildman–Crippen MR) is 102 cm³/mol. The minimum atomic E-state index is -3.80. The molecule has 0 aliphatic rings. The van der Waals surface area contributed by atoms with Gasteiger partial charge in [0.15, 0.2) is 6.10 Å². The number of nitrogens with zero attached hydrogens (tertiary/aromatic N) is 3. The highest BCUT2D eigenvalue weighted by atomic mass is 32.2. The number of carbonyl (C=O) groups is 1. The average molecular weight is 417 g/mol. The molecule has 10 heteroatoms. The zero-order valence-electron chi connectivity index (χ0n) is 16.0. The Hall–Kier alpha value is -3.08.